The third kappa shape index (κ3) is 6.89. The van der Waals surface area contributed by atoms with Crippen molar-refractivity contribution in [2.45, 2.75) is 13.0 Å². The smallest absolute Gasteiger partial charge is 0.328 e. The van der Waals surface area contributed by atoms with Gasteiger partial charge in [0.15, 0.2) is 6.61 Å². The molecule has 1 unspecified atom stereocenters. The highest BCUT2D eigenvalue weighted by atomic mass is 16.6. The zero-order valence-corrected chi connectivity index (χ0v) is 18.1. The van der Waals surface area contributed by atoms with E-state index in [-0.39, 0.29) is 11.3 Å². The number of benzene rings is 3. The Kier molecular flexibility index (Phi) is 7.90. The molecule has 3 rings (SSSR count). The van der Waals surface area contributed by atoms with E-state index < -0.39 is 35.4 Å². The van der Waals surface area contributed by atoms with Gasteiger partial charge in [0.2, 0.25) is 0 Å². The van der Waals surface area contributed by atoms with Crippen molar-refractivity contribution in [2.24, 2.45) is 0 Å². The first-order chi connectivity index (χ1) is 16.3. The fraction of sp³-hybridized carbons (Fsp3) is 0.125. The number of para-hydroxylation sites is 1. The van der Waals surface area contributed by atoms with Crippen LogP contribution in [0, 0.1) is 10.1 Å². The van der Waals surface area contributed by atoms with Crippen LogP contribution in [0.5, 0.6) is 11.5 Å². The van der Waals surface area contributed by atoms with Crippen LogP contribution in [0.3, 0.4) is 0 Å². The first-order valence-electron chi connectivity index (χ1n) is 10.2. The average molecular weight is 463 g/mol. The summed E-state index contributed by atoms with van der Waals surface area (Å²) in [6.45, 7) is 0.819. The molecule has 10 nitrogen and oxygen atoms in total. The van der Waals surface area contributed by atoms with Gasteiger partial charge in [0.05, 0.1) is 4.92 Å². The lowest BCUT2D eigenvalue weighted by molar-refractivity contribution is -0.384. The number of ether oxygens (including phenoxy) is 2. The second-order valence-corrected chi connectivity index (χ2v) is 7.10. The summed E-state index contributed by atoms with van der Waals surface area (Å²) in [7, 11) is 0. The highest BCUT2D eigenvalue weighted by molar-refractivity contribution is 5.97. The van der Waals surface area contributed by atoms with Crippen molar-refractivity contribution in [2.75, 3.05) is 11.9 Å². The summed E-state index contributed by atoms with van der Waals surface area (Å²) < 4.78 is 10.6. The van der Waals surface area contributed by atoms with E-state index in [2.05, 4.69) is 10.6 Å². The van der Waals surface area contributed by atoms with Crippen LogP contribution in [0.1, 0.15) is 17.3 Å². The SMILES string of the molecule is CC(NC(=O)c1cccc([N+](=O)[O-])c1)C(=O)OCC(=O)Nc1ccc(Oc2ccccc2)cc1. The molecule has 174 valence electrons. The molecule has 34 heavy (non-hydrogen) atoms. The van der Waals surface area contributed by atoms with Crippen LogP contribution in [-0.4, -0.2) is 35.4 Å². The molecule has 0 aliphatic rings. The molecule has 0 fully saturated rings. The summed E-state index contributed by atoms with van der Waals surface area (Å²) in [6.07, 6.45) is 0. The molecule has 10 heteroatoms. The van der Waals surface area contributed by atoms with E-state index in [1.54, 1.807) is 24.3 Å². The van der Waals surface area contributed by atoms with Gasteiger partial charge < -0.3 is 20.1 Å². The van der Waals surface area contributed by atoms with Gasteiger partial charge in [-0.2, -0.15) is 0 Å². The van der Waals surface area contributed by atoms with Gasteiger partial charge in [-0.15, -0.1) is 0 Å². The molecule has 0 saturated carbocycles. The van der Waals surface area contributed by atoms with Crippen LogP contribution < -0.4 is 15.4 Å². The fourth-order valence-corrected chi connectivity index (χ4v) is 2.79. The lowest BCUT2D eigenvalue weighted by Crippen LogP contribution is -2.40. The maximum Gasteiger partial charge on any atom is 0.328 e. The molecule has 3 aromatic rings. The molecule has 0 heterocycles. The number of amides is 2. The lowest BCUT2D eigenvalue weighted by atomic mass is 10.2. The van der Waals surface area contributed by atoms with Crippen molar-refractivity contribution < 1.29 is 28.8 Å². The quantitative estimate of drug-likeness (QED) is 0.280. The summed E-state index contributed by atoms with van der Waals surface area (Å²) >= 11 is 0. The van der Waals surface area contributed by atoms with Crippen molar-refractivity contribution in [3.63, 3.8) is 0 Å². The second kappa shape index (κ2) is 11.2. The van der Waals surface area contributed by atoms with Crippen molar-refractivity contribution in [3.05, 3.63) is 94.5 Å². The standard InChI is InChI=1S/C24H21N3O7/c1-16(25-23(29)17-6-5-7-19(14-17)27(31)32)24(30)33-15-22(28)26-18-10-12-21(13-11-18)34-20-8-3-2-4-9-20/h2-14,16H,15H2,1H3,(H,25,29)(H,26,28). The number of nitrogens with zero attached hydrogens (tertiary/aromatic N) is 1. The van der Waals surface area contributed by atoms with Crippen LogP contribution in [0.25, 0.3) is 0 Å². The lowest BCUT2D eigenvalue weighted by Gasteiger charge is -2.13. The summed E-state index contributed by atoms with van der Waals surface area (Å²) in [5.41, 5.74) is 0.249. The van der Waals surface area contributed by atoms with Gasteiger partial charge in [-0.25, -0.2) is 4.79 Å². The Morgan fingerprint density at radius 3 is 2.29 bits per heavy atom. The van der Waals surface area contributed by atoms with Gasteiger partial charge in [-0.1, -0.05) is 24.3 Å². The summed E-state index contributed by atoms with van der Waals surface area (Å²) in [4.78, 5) is 46.6. The molecule has 0 aliphatic heterocycles. The number of anilines is 1. The Balaban J connectivity index is 1.45. The van der Waals surface area contributed by atoms with Crippen LogP contribution in [0.15, 0.2) is 78.9 Å². The van der Waals surface area contributed by atoms with E-state index in [9.17, 15) is 24.5 Å². The molecule has 2 N–H and O–H groups in total. The number of non-ortho nitro benzene ring substituents is 1. The van der Waals surface area contributed by atoms with Crippen LogP contribution in [-0.2, 0) is 14.3 Å². The predicted molar refractivity (Wildman–Crippen MR) is 123 cm³/mol. The van der Waals surface area contributed by atoms with E-state index in [0.29, 0.717) is 17.2 Å². The first-order valence-corrected chi connectivity index (χ1v) is 10.2. The van der Waals surface area contributed by atoms with E-state index >= 15 is 0 Å². The third-order valence-electron chi connectivity index (χ3n) is 4.48. The Hall–Kier alpha value is -4.73. The Morgan fingerprint density at radius 1 is 0.941 bits per heavy atom. The highest BCUT2D eigenvalue weighted by Crippen LogP contribution is 2.22. The molecule has 0 radical (unpaired) electrons. The zero-order chi connectivity index (χ0) is 24.5. The minimum absolute atomic E-state index is 0.0197. The molecule has 1 atom stereocenters. The monoisotopic (exact) mass is 463 g/mol. The maximum atomic E-state index is 12.2. The molecular weight excluding hydrogens is 442 g/mol. The number of hydrogen-bond donors (Lipinski definition) is 2. The third-order valence-corrected chi connectivity index (χ3v) is 4.48. The number of nitro groups is 1. The Labute approximate surface area is 194 Å². The first kappa shape index (κ1) is 23.9. The van der Waals surface area contributed by atoms with E-state index in [1.165, 1.54) is 25.1 Å². The molecule has 0 aromatic heterocycles. The van der Waals surface area contributed by atoms with E-state index in [1.807, 2.05) is 30.3 Å². The molecule has 0 spiro atoms. The zero-order valence-electron chi connectivity index (χ0n) is 18.1. The normalized spacial score (nSPS) is 11.1. The predicted octanol–water partition coefficient (Wildman–Crippen LogP) is 3.69. The average Bonchev–Trinajstić information content (AvgIpc) is 2.84. The van der Waals surface area contributed by atoms with E-state index in [0.717, 1.165) is 6.07 Å². The summed E-state index contributed by atoms with van der Waals surface area (Å²) in [6, 6.07) is 19.9. The van der Waals surface area contributed by atoms with Crippen molar-refractivity contribution in [1.82, 2.24) is 5.32 Å². The van der Waals surface area contributed by atoms with Crippen LogP contribution >= 0.6 is 0 Å². The molecular formula is C24H21N3O7. The van der Waals surface area contributed by atoms with Gasteiger partial charge in [-0.3, -0.25) is 19.7 Å². The van der Waals surface area contributed by atoms with E-state index in [4.69, 9.17) is 9.47 Å². The van der Waals surface area contributed by atoms with Gasteiger partial charge in [0, 0.05) is 23.4 Å². The number of nitro benzene ring substituents is 1. The minimum atomic E-state index is -1.08. The largest absolute Gasteiger partial charge is 0.457 e. The Bertz CT molecular complexity index is 1180. The van der Waals surface area contributed by atoms with Gasteiger partial charge in [0.25, 0.3) is 17.5 Å². The second-order valence-electron chi connectivity index (χ2n) is 7.10. The topological polar surface area (TPSA) is 137 Å². The van der Waals surface area contributed by atoms with Crippen molar-refractivity contribution in [3.8, 4) is 11.5 Å². The van der Waals surface area contributed by atoms with Gasteiger partial charge in [-0.05, 0) is 49.4 Å². The fourth-order valence-electron chi connectivity index (χ4n) is 2.79. The molecule has 3 aromatic carbocycles. The minimum Gasteiger partial charge on any atom is -0.457 e. The number of rotatable bonds is 9. The van der Waals surface area contributed by atoms with Crippen LogP contribution in [0.4, 0.5) is 11.4 Å². The molecule has 0 saturated heterocycles. The molecule has 0 aliphatic carbocycles. The number of carbonyl (C=O) groups is 3. The Morgan fingerprint density at radius 2 is 1.62 bits per heavy atom. The van der Waals surface area contributed by atoms with Crippen LogP contribution in [0.2, 0.25) is 0 Å². The van der Waals surface area contributed by atoms with Gasteiger partial charge in [0.1, 0.15) is 17.5 Å². The van der Waals surface area contributed by atoms with Crippen molar-refractivity contribution >= 4 is 29.2 Å². The number of carbonyl (C=O) groups excluding carboxylic acids is 3. The highest BCUT2D eigenvalue weighted by Gasteiger charge is 2.20. The summed E-state index contributed by atoms with van der Waals surface area (Å²) in [5, 5.41) is 15.8. The van der Waals surface area contributed by atoms with Gasteiger partial charge >= 0.3 is 5.97 Å². The molecule has 0 bridgehead atoms. The van der Waals surface area contributed by atoms with Crippen molar-refractivity contribution in [1.29, 1.82) is 0 Å². The maximum absolute atomic E-state index is 12.2. The summed E-state index contributed by atoms with van der Waals surface area (Å²) in [5.74, 6) is -0.819. The number of esters is 1. The molecule has 2 amide bonds. The number of nitrogens with one attached hydrogen (secondary N) is 2. The number of hydrogen-bond acceptors (Lipinski definition) is 7.